The second-order valence-corrected chi connectivity index (χ2v) is 6.41. The standard InChI is InChI=1S/C21H18BrNO4/c1-3-11-26-18-10-9-14(13-19(18)25-4-2)12-17-21(24)27-20(23-17)15-7-5-6-8-16(15)22/h3,5-10,12-13H,1,4,11H2,2H3/b17-12-. The van der Waals surface area contributed by atoms with Crippen molar-refractivity contribution in [1.29, 1.82) is 0 Å². The van der Waals surface area contributed by atoms with E-state index in [-0.39, 0.29) is 11.6 Å². The fraction of sp³-hybridized carbons (Fsp3) is 0.143. The molecule has 6 heteroatoms. The molecule has 5 nitrogen and oxygen atoms in total. The molecule has 3 rings (SSSR count). The van der Waals surface area contributed by atoms with Crippen molar-refractivity contribution in [2.45, 2.75) is 6.92 Å². The molecule has 2 aromatic rings. The van der Waals surface area contributed by atoms with Crippen LogP contribution in [-0.4, -0.2) is 25.1 Å². The molecule has 0 aromatic heterocycles. The topological polar surface area (TPSA) is 57.1 Å². The number of cyclic esters (lactones) is 1. The number of esters is 1. The Morgan fingerprint density at radius 2 is 2.00 bits per heavy atom. The molecule has 0 N–H and O–H groups in total. The molecule has 0 atom stereocenters. The van der Waals surface area contributed by atoms with Crippen molar-refractivity contribution in [2.24, 2.45) is 4.99 Å². The maximum atomic E-state index is 12.2. The van der Waals surface area contributed by atoms with Gasteiger partial charge in [0.15, 0.2) is 17.2 Å². The van der Waals surface area contributed by atoms with Crippen molar-refractivity contribution in [3.05, 3.63) is 76.4 Å². The Labute approximate surface area is 166 Å². The summed E-state index contributed by atoms with van der Waals surface area (Å²) in [5.41, 5.74) is 1.70. The second kappa shape index (κ2) is 8.68. The third kappa shape index (κ3) is 4.46. The molecule has 1 heterocycles. The lowest BCUT2D eigenvalue weighted by atomic mass is 10.1. The molecule has 1 aliphatic heterocycles. The average molecular weight is 428 g/mol. The highest BCUT2D eigenvalue weighted by Gasteiger charge is 2.25. The minimum Gasteiger partial charge on any atom is -0.490 e. The number of ether oxygens (including phenoxy) is 3. The summed E-state index contributed by atoms with van der Waals surface area (Å²) in [7, 11) is 0. The minimum absolute atomic E-state index is 0.225. The molecule has 0 radical (unpaired) electrons. The lowest BCUT2D eigenvalue weighted by Crippen LogP contribution is -2.05. The zero-order valence-electron chi connectivity index (χ0n) is 14.8. The van der Waals surface area contributed by atoms with E-state index in [1.54, 1.807) is 24.3 Å². The predicted octanol–water partition coefficient (Wildman–Crippen LogP) is 4.76. The molecule has 0 amide bonds. The van der Waals surface area contributed by atoms with Crippen LogP contribution in [0, 0.1) is 0 Å². The lowest BCUT2D eigenvalue weighted by molar-refractivity contribution is -0.129. The van der Waals surface area contributed by atoms with E-state index < -0.39 is 5.97 Å². The highest BCUT2D eigenvalue weighted by molar-refractivity contribution is 9.10. The SMILES string of the molecule is C=CCOc1ccc(/C=C2\N=C(c3ccccc3Br)OC2=O)cc1OCC. The third-order valence-corrected chi connectivity index (χ3v) is 4.34. The van der Waals surface area contributed by atoms with Crippen molar-refractivity contribution >= 4 is 33.9 Å². The van der Waals surface area contributed by atoms with Crippen LogP contribution in [0.15, 0.2) is 70.3 Å². The molecule has 0 unspecified atom stereocenters. The summed E-state index contributed by atoms with van der Waals surface area (Å²) in [6.45, 7) is 6.41. The first-order chi connectivity index (χ1) is 13.1. The Morgan fingerprint density at radius 3 is 2.74 bits per heavy atom. The van der Waals surface area contributed by atoms with Gasteiger partial charge in [-0.05, 0) is 58.8 Å². The van der Waals surface area contributed by atoms with Gasteiger partial charge in [-0.15, -0.1) is 0 Å². The molecule has 0 spiro atoms. The van der Waals surface area contributed by atoms with Crippen LogP contribution in [0.5, 0.6) is 11.5 Å². The van der Waals surface area contributed by atoms with Crippen molar-refractivity contribution in [2.75, 3.05) is 13.2 Å². The molecule has 0 fully saturated rings. The Morgan fingerprint density at radius 1 is 1.19 bits per heavy atom. The first-order valence-electron chi connectivity index (χ1n) is 8.40. The highest BCUT2D eigenvalue weighted by atomic mass is 79.9. The summed E-state index contributed by atoms with van der Waals surface area (Å²) >= 11 is 3.44. The molecule has 0 bridgehead atoms. The minimum atomic E-state index is -0.495. The maximum Gasteiger partial charge on any atom is 0.363 e. The largest absolute Gasteiger partial charge is 0.490 e. The van der Waals surface area contributed by atoms with Gasteiger partial charge in [-0.3, -0.25) is 0 Å². The molecule has 138 valence electrons. The zero-order chi connectivity index (χ0) is 19.2. The number of benzene rings is 2. The van der Waals surface area contributed by atoms with E-state index in [1.807, 2.05) is 37.3 Å². The second-order valence-electron chi connectivity index (χ2n) is 5.55. The molecule has 1 aliphatic rings. The number of hydrogen-bond acceptors (Lipinski definition) is 5. The number of aliphatic imine (C=N–C) groups is 1. The van der Waals surface area contributed by atoms with Crippen LogP contribution in [0.2, 0.25) is 0 Å². The first kappa shape index (κ1) is 18.9. The maximum absolute atomic E-state index is 12.2. The summed E-state index contributed by atoms with van der Waals surface area (Å²) in [4.78, 5) is 16.5. The van der Waals surface area contributed by atoms with Crippen molar-refractivity contribution < 1.29 is 19.0 Å². The van der Waals surface area contributed by atoms with Crippen LogP contribution in [0.25, 0.3) is 6.08 Å². The van der Waals surface area contributed by atoms with E-state index in [1.165, 1.54) is 0 Å². The summed E-state index contributed by atoms with van der Waals surface area (Å²) < 4.78 is 17.3. The highest BCUT2D eigenvalue weighted by Crippen LogP contribution is 2.30. The van der Waals surface area contributed by atoms with Gasteiger partial charge in [0.25, 0.3) is 0 Å². The van der Waals surface area contributed by atoms with Gasteiger partial charge in [-0.25, -0.2) is 9.79 Å². The number of carbonyl (C=O) groups is 1. The van der Waals surface area contributed by atoms with Gasteiger partial charge in [0, 0.05) is 4.47 Å². The van der Waals surface area contributed by atoms with Crippen molar-refractivity contribution in [1.82, 2.24) is 0 Å². The molecule has 2 aromatic carbocycles. The summed E-state index contributed by atoms with van der Waals surface area (Å²) in [6.07, 6.45) is 3.32. The number of nitrogens with zero attached hydrogens (tertiary/aromatic N) is 1. The van der Waals surface area contributed by atoms with E-state index in [9.17, 15) is 4.79 Å². The van der Waals surface area contributed by atoms with Crippen LogP contribution < -0.4 is 9.47 Å². The quantitative estimate of drug-likeness (QED) is 0.363. The van der Waals surface area contributed by atoms with Crippen LogP contribution in [-0.2, 0) is 9.53 Å². The number of carbonyl (C=O) groups excluding carboxylic acids is 1. The summed E-state index contributed by atoms with van der Waals surface area (Å²) in [5, 5.41) is 0. The molecular weight excluding hydrogens is 410 g/mol. The van der Waals surface area contributed by atoms with E-state index in [0.717, 1.165) is 15.6 Å². The van der Waals surface area contributed by atoms with Crippen LogP contribution in [0.4, 0.5) is 0 Å². The van der Waals surface area contributed by atoms with E-state index in [4.69, 9.17) is 14.2 Å². The Bertz CT molecular complexity index is 934. The third-order valence-electron chi connectivity index (χ3n) is 3.65. The zero-order valence-corrected chi connectivity index (χ0v) is 16.4. The van der Waals surface area contributed by atoms with Crippen molar-refractivity contribution in [3.63, 3.8) is 0 Å². The number of hydrogen-bond donors (Lipinski definition) is 0. The molecule has 0 saturated carbocycles. The molecule has 0 aliphatic carbocycles. The van der Waals surface area contributed by atoms with Gasteiger partial charge >= 0.3 is 5.97 Å². The van der Waals surface area contributed by atoms with Crippen LogP contribution >= 0.6 is 15.9 Å². The predicted molar refractivity (Wildman–Crippen MR) is 108 cm³/mol. The van der Waals surface area contributed by atoms with Crippen LogP contribution in [0.3, 0.4) is 0 Å². The average Bonchev–Trinajstić information content (AvgIpc) is 3.02. The monoisotopic (exact) mass is 427 g/mol. The van der Waals surface area contributed by atoms with Gasteiger partial charge in [0.05, 0.1) is 12.2 Å². The summed E-state index contributed by atoms with van der Waals surface area (Å²) in [6, 6.07) is 12.9. The molecular formula is C21H18BrNO4. The van der Waals surface area contributed by atoms with Gasteiger partial charge in [0.1, 0.15) is 6.61 Å². The number of halogens is 1. The van der Waals surface area contributed by atoms with E-state index >= 15 is 0 Å². The van der Waals surface area contributed by atoms with E-state index in [0.29, 0.717) is 24.7 Å². The summed E-state index contributed by atoms with van der Waals surface area (Å²) in [5.74, 6) is 0.987. The Kier molecular flexibility index (Phi) is 6.08. The van der Waals surface area contributed by atoms with Gasteiger partial charge in [0.2, 0.25) is 5.90 Å². The van der Waals surface area contributed by atoms with Gasteiger partial charge in [-0.1, -0.05) is 30.9 Å². The van der Waals surface area contributed by atoms with Crippen molar-refractivity contribution in [3.8, 4) is 11.5 Å². The lowest BCUT2D eigenvalue weighted by Gasteiger charge is -2.11. The Hall–Kier alpha value is -2.86. The van der Waals surface area contributed by atoms with E-state index in [2.05, 4.69) is 27.5 Å². The Balaban J connectivity index is 1.91. The molecule has 0 saturated heterocycles. The fourth-order valence-corrected chi connectivity index (χ4v) is 2.92. The van der Waals surface area contributed by atoms with Gasteiger partial charge in [-0.2, -0.15) is 0 Å². The van der Waals surface area contributed by atoms with Gasteiger partial charge < -0.3 is 14.2 Å². The fourth-order valence-electron chi connectivity index (χ4n) is 2.47. The number of rotatable bonds is 7. The normalized spacial score (nSPS) is 14.7. The smallest absolute Gasteiger partial charge is 0.363 e. The van der Waals surface area contributed by atoms with Crippen LogP contribution in [0.1, 0.15) is 18.1 Å². The molecule has 27 heavy (non-hydrogen) atoms. The first-order valence-corrected chi connectivity index (χ1v) is 9.19.